The Hall–Kier alpha value is -0.860. The third-order valence-electron chi connectivity index (χ3n) is 1.69. The normalized spacial score (nSPS) is 8.62. The van der Waals surface area contributed by atoms with Gasteiger partial charge in [-0.1, -0.05) is 59.6 Å². The summed E-state index contributed by atoms with van der Waals surface area (Å²) in [6.07, 6.45) is 6.65. The first-order valence-electron chi connectivity index (χ1n) is 6.67. The van der Waals surface area contributed by atoms with E-state index < -0.39 is 0 Å². The molecule has 1 rings (SSSR count). The fourth-order valence-electron chi connectivity index (χ4n) is 0.930. The van der Waals surface area contributed by atoms with Crippen LogP contribution >= 0.6 is 0 Å². The van der Waals surface area contributed by atoms with Crippen LogP contribution in [0.5, 0.6) is 0 Å². The summed E-state index contributed by atoms with van der Waals surface area (Å²) in [6, 6.07) is 0. The number of rotatable bonds is 4. The molecule has 0 atom stereocenters. The van der Waals surface area contributed by atoms with Crippen molar-refractivity contribution < 1.29 is 0 Å². The highest BCUT2D eigenvalue weighted by Crippen LogP contribution is 1.96. The predicted octanol–water partition coefficient (Wildman–Crippen LogP) is 4.08. The minimum Gasteiger partial charge on any atom is -0.252 e. The third-order valence-corrected chi connectivity index (χ3v) is 1.69. The highest BCUT2D eigenvalue weighted by atomic mass is 15.4. The summed E-state index contributed by atoms with van der Waals surface area (Å²) in [5.74, 6) is 0. The Kier molecular flexibility index (Phi) is 15.5. The smallest absolute Gasteiger partial charge is 0.0824 e. The fraction of sp³-hybridized carbons (Fsp3) is 0.846. The van der Waals surface area contributed by atoms with Crippen LogP contribution < -0.4 is 0 Å². The van der Waals surface area contributed by atoms with Crippen molar-refractivity contribution in [3.05, 3.63) is 11.9 Å². The third kappa shape index (κ3) is 9.69. The Morgan fingerprint density at radius 2 is 1.69 bits per heavy atom. The monoisotopic (exact) mass is 227 g/mol. The molecular weight excluding hydrogens is 198 g/mol. The molecule has 96 valence electrons. The lowest BCUT2D eigenvalue weighted by Crippen LogP contribution is -1.97. The molecule has 0 fully saturated rings. The summed E-state index contributed by atoms with van der Waals surface area (Å²) < 4.78 is 1.92. The maximum atomic E-state index is 4.00. The predicted molar refractivity (Wildman–Crippen MR) is 71.6 cm³/mol. The number of hydrogen-bond donors (Lipinski definition) is 0. The molecule has 3 heteroatoms. The first kappa shape index (κ1) is 17.5. The Labute approximate surface area is 101 Å². The first-order chi connectivity index (χ1) is 7.78. The molecule has 0 aromatic carbocycles. The van der Waals surface area contributed by atoms with Crippen LogP contribution in [-0.2, 0) is 13.0 Å². The summed E-state index contributed by atoms with van der Waals surface area (Å²) in [5, 5.41) is 7.99. The van der Waals surface area contributed by atoms with Gasteiger partial charge in [0.1, 0.15) is 0 Å². The van der Waals surface area contributed by atoms with Crippen LogP contribution in [0.3, 0.4) is 0 Å². The van der Waals surface area contributed by atoms with Crippen LogP contribution in [0.2, 0.25) is 0 Å². The van der Waals surface area contributed by atoms with Gasteiger partial charge in [0.2, 0.25) is 0 Å². The fourth-order valence-corrected chi connectivity index (χ4v) is 0.930. The van der Waals surface area contributed by atoms with E-state index >= 15 is 0 Å². The van der Waals surface area contributed by atoms with Crippen molar-refractivity contribution in [3.63, 3.8) is 0 Å². The molecule has 0 bridgehead atoms. The van der Waals surface area contributed by atoms with Crippen molar-refractivity contribution in [1.29, 1.82) is 0 Å². The quantitative estimate of drug-likeness (QED) is 0.776. The van der Waals surface area contributed by atoms with E-state index in [0.29, 0.717) is 0 Å². The van der Waals surface area contributed by atoms with E-state index in [2.05, 4.69) is 38.0 Å². The van der Waals surface area contributed by atoms with E-state index in [-0.39, 0.29) is 0 Å². The van der Waals surface area contributed by atoms with Gasteiger partial charge >= 0.3 is 0 Å². The zero-order valence-corrected chi connectivity index (χ0v) is 12.0. The van der Waals surface area contributed by atoms with E-state index in [4.69, 9.17) is 0 Å². The zero-order chi connectivity index (χ0) is 12.8. The average molecular weight is 227 g/mol. The molecule has 0 aliphatic heterocycles. The molecule has 1 aromatic rings. The first-order valence-corrected chi connectivity index (χ1v) is 6.67. The summed E-state index contributed by atoms with van der Waals surface area (Å²) in [4.78, 5) is 0. The molecule has 0 radical (unpaired) electrons. The summed E-state index contributed by atoms with van der Waals surface area (Å²) in [7, 11) is 0. The highest BCUT2D eigenvalue weighted by Gasteiger charge is 1.95. The van der Waals surface area contributed by atoms with Gasteiger partial charge in [0.25, 0.3) is 0 Å². The van der Waals surface area contributed by atoms with Crippen LogP contribution in [0.4, 0.5) is 0 Å². The molecule has 1 aromatic heterocycles. The highest BCUT2D eigenvalue weighted by molar-refractivity contribution is 4.90. The largest absolute Gasteiger partial charge is 0.252 e. The SMILES string of the molecule is CC.CCC.CCCCn1cc(CC)nn1. The summed E-state index contributed by atoms with van der Waals surface area (Å²) in [5.41, 5.74) is 1.08. The van der Waals surface area contributed by atoms with Crippen molar-refractivity contribution >= 4 is 0 Å². The molecule has 0 aliphatic carbocycles. The number of aromatic nitrogens is 3. The zero-order valence-electron chi connectivity index (χ0n) is 12.0. The average Bonchev–Trinajstić information content (AvgIpc) is 2.78. The summed E-state index contributed by atoms with van der Waals surface area (Å²) in [6.45, 7) is 13.5. The van der Waals surface area contributed by atoms with Crippen molar-refractivity contribution in [1.82, 2.24) is 15.0 Å². The van der Waals surface area contributed by atoms with Crippen LogP contribution in [0.15, 0.2) is 6.20 Å². The number of unbranched alkanes of at least 4 members (excludes halogenated alkanes) is 1. The molecule has 0 saturated heterocycles. The van der Waals surface area contributed by atoms with E-state index in [1.54, 1.807) is 0 Å². The molecule has 0 N–H and O–H groups in total. The summed E-state index contributed by atoms with van der Waals surface area (Å²) >= 11 is 0. The second-order valence-corrected chi connectivity index (χ2v) is 3.39. The maximum Gasteiger partial charge on any atom is 0.0824 e. The van der Waals surface area contributed by atoms with Gasteiger partial charge in [0.05, 0.1) is 5.69 Å². The Bertz CT molecular complexity index is 219. The van der Waals surface area contributed by atoms with Crippen LogP contribution in [0.1, 0.15) is 66.5 Å². The van der Waals surface area contributed by atoms with Gasteiger partial charge in [-0.2, -0.15) is 0 Å². The second kappa shape index (κ2) is 14.1. The topological polar surface area (TPSA) is 30.7 Å². The standard InChI is InChI=1S/C8H15N3.C3H8.C2H6/c1-3-5-6-11-7-8(4-2)9-10-11;1-3-2;1-2/h7H,3-6H2,1-2H3;3H2,1-2H3;1-2H3. The Balaban J connectivity index is 0. The Morgan fingerprint density at radius 3 is 2.06 bits per heavy atom. The number of hydrogen-bond acceptors (Lipinski definition) is 2. The van der Waals surface area contributed by atoms with Crippen molar-refractivity contribution in [2.75, 3.05) is 0 Å². The van der Waals surface area contributed by atoms with Gasteiger partial charge in [0.15, 0.2) is 0 Å². The second-order valence-electron chi connectivity index (χ2n) is 3.39. The van der Waals surface area contributed by atoms with Crippen LogP contribution in [0.25, 0.3) is 0 Å². The maximum absolute atomic E-state index is 4.00. The lowest BCUT2D eigenvalue weighted by Gasteiger charge is -1.94. The minimum absolute atomic E-state index is 0.978. The number of aryl methyl sites for hydroxylation is 2. The van der Waals surface area contributed by atoms with Crippen LogP contribution in [0, 0.1) is 0 Å². The molecule has 0 unspecified atom stereocenters. The van der Waals surface area contributed by atoms with Crippen molar-refractivity contribution in [3.8, 4) is 0 Å². The molecule has 0 spiro atoms. The van der Waals surface area contributed by atoms with E-state index in [0.717, 1.165) is 18.7 Å². The number of nitrogens with zero attached hydrogens (tertiary/aromatic N) is 3. The van der Waals surface area contributed by atoms with Gasteiger partial charge in [-0.3, -0.25) is 4.68 Å². The van der Waals surface area contributed by atoms with Gasteiger partial charge in [-0.15, -0.1) is 5.10 Å². The molecule has 0 saturated carbocycles. The molecule has 0 amide bonds. The van der Waals surface area contributed by atoms with E-state index in [9.17, 15) is 0 Å². The van der Waals surface area contributed by atoms with E-state index in [1.165, 1.54) is 19.3 Å². The minimum atomic E-state index is 0.978. The van der Waals surface area contributed by atoms with Gasteiger partial charge in [0, 0.05) is 12.7 Å². The molecule has 3 nitrogen and oxygen atoms in total. The molecule has 16 heavy (non-hydrogen) atoms. The lowest BCUT2D eigenvalue weighted by atomic mass is 10.3. The van der Waals surface area contributed by atoms with Crippen LogP contribution in [-0.4, -0.2) is 15.0 Å². The van der Waals surface area contributed by atoms with Crippen molar-refractivity contribution in [2.24, 2.45) is 0 Å². The van der Waals surface area contributed by atoms with Gasteiger partial charge in [-0.05, 0) is 12.8 Å². The molecule has 1 heterocycles. The van der Waals surface area contributed by atoms with E-state index in [1.807, 2.05) is 24.7 Å². The molecular formula is C13H29N3. The van der Waals surface area contributed by atoms with Gasteiger partial charge in [-0.25, -0.2) is 0 Å². The van der Waals surface area contributed by atoms with Gasteiger partial charge < -0.3 is 0 Å². The lowest BCUT2D eigenvalue weighted by molar-refractivity contribution is 0.553. The Morgan fingerprint density at radius 1 is 1.12 bits per heavy atom. The molecule has 0 aliphatic rings. The van der Waals surface area contributed by atoms with Crippen molar-refractivity contribution in [2.45, 2.75) is 73.8 Å².